The summed E-state index contributed by atoms with van der Waals surface area (Å²) >= 11 is 6.28. The maximum atomic E-state index is 13.8. The van der Waals surface area contributed by atoms with Gasteiger partial charge in [-0.3, -0.25) is 13.9 Å². The van der Waals surface area contributed by atoms with Gasteiger partial charge in [0.05, 0.1) is 42.6 Å². The Morgan fingerprint density at radius 1 is 0.755 bits per heavy atom. The zero-order valence-electron chi connectivity index (χ0n) is 27.3. The third kappa shape index (κ3) is 8.40. The molecule has 0 spiro atoms. The van der Waals surface area contributed by atoms with E-state index in [2.05, 4.69) is 10.6 Å². The summed E-state index contributed by atoms with van der Waals surface area (Å²) in [6.45, 7) is 2.19. The van der Waals surface area contributed by atoms with Crippen molar-refractivity contribution in [3.05, 3.63) is 148 Å². The smallest absolute Gasteiger partial charge is 0.264 e. The normalized spacial score (nSPS) is 11.0. The molecule has 0 heterocycles. The molecule has 252 valence electrons. The molecule has 5 aromatic rings. The van der Waals surface area contributed by atoms with E-state index in [9.17, 15) is 18.0 Å². The van der Waals surface area contributed by atoms with Crippen LogP contribution < -0.4 is 24.4 Å². The molecule has 2 amide bonds. The van der Waals surface area contributed by atoms with Gasteiger partial charge in [-0.2, -0.15) is 0 Å². The number of rotatable bonds is 13. The van der Waals surface area contributed by atoms with Crippen molar-refractivity contribution in [1.29, 1.82) is 0 Å². The highest BCUT2D eigenvalue weighted by Crippen LogP contribution is 2.31. The molecule has 0 radical (unpaired) electrons. The first-order valence-electron chi connectivity index (χ1n) is 15.4. The van der Waals surface area contributed by atoms with Crippen molar-refractivity contribution >= 4 is 44.8 Å². The van der Waals surface area contributed by atoms with Crippen LogP contribution in [0, 0.1) is 6.92 Å². The van der Waals surface area contributed by atoms with Gasteiger partial charge in [-0.25, -0.2) is 8.42 Å². The Morgan fingerprint density at radius 2 is 1.43 bits per heavy atom. The van der Waals surface area contributed by atoms with Crippen molar-refractivity contribution in [2.75, 3.05) is 30.4 Å². The van der Waals surface area contributed by atoms with Gasteiger partial charge in [-0.1, -0.05) is 66.2 Å². The van der Waals surface area contributed by atoms with Gasteiger partial charge in [-0.15, -0.1) is 0 Å². The molecule has 0 aliphatic rings. The third-order valence-electron chi connectivity index (χ3n) is 7.88. The lowest BCUT2D eigenvalue weighted by Gasteiger charge is -2.26. The zero-order valence-corrected chi connectivity index (χ0v) is 28.8. The highest BCUT2D eigenvalue weighted by molar-refractivity contribution is 7.92. The molecule has 0 bridgehead atoms. The number of ether oxygens (including phenoxy) is 2. The fourth-order valence-electron chi connectivity index (χ4n) is 5.23. The first-order valence-corrected chi connectivity index (χ1v) is 17.2. The number of para-hydroxylation sites is 1. The van der Waals surface area contributed by atoms with E-state index in [4.69, 9.17) is 21.1 Å². The number of anilines is 2. The van der Waals surface area contributed by atoms with Crippen LogP contribution in [0.1, 0.15) is 37.4 Å². The van der Waals surface area contributed by atoms with Crippen molar-refractivity contribution in [1.82, 2.24) is 5.32 Å². The molecule has 2 N–H and O–H groups in total. The largest absolute Gasteiger partial charge is 0.493 e. The molecular formula is C38H36ClN3O6S. The fraction of sp³-hybridized carbons (Fsp3) is 0.158. The van der Waals surface area contributed by atoms with E-state index in [0.717, 1.165) is 11.1 Å². The van der Waals surface area contributed by atoms with Crippen LogP contribution in [-0.2, 0) is 23.0 Å². The maximum absolute atomic E-state index is 13.8. The van der Waals surface area contributed by atoms with Crippen LogP contribution in [0.4, 0.5) is 11.4 Å². The van der Waals surface area contributed by atoms with E-state index in [1.165, 1.54) is 4.31 Å². The van der Waals surface area contributed by atoms with E-state index in [1.807, 2.05) is 25.1 Å². The first kappa shape index (κ1) is 35.0. The number of hydrogen-bond acceptors (Lipinski definition) is 6. The van der Waals surface area contributed by atoms with Gasteiger partial charge < -0.3 is 20.1 Å². The SMILES string of the molecule is COc1ccc(CCNC(=O)c2ccccc2NC(=O)c2ccc(CN(c3cc(Cl)ccc3C)S(=O)(=O)c3ccccc3)cc2)cc1OC. The van der Waals surface area contributed by atoms with Crippen molar-refractivity contribution in [2.24, 2.45) is 0 Å². The molecule has 0 aromatic heterocycles. The van der Waals surface area contributed by atoms with E-state index in [1.54, 1.807) is 111 Å². The Hall–Kier alpha value is -5.32. The van der Waals surface area contributed by atoms with E-state index in [0.29, 0.717) is 57.6 Å². The Balaban J connectivity index is 1.28. The predicted octanol–water partition coefficient (Wildman–Crippen LogP) is 7.29. The lowest BCUT2D eigenvalue weighted by atomic mass is 10.1. The molecule has 0 aliphatic carbocycles. The Bertz CT molecular complexity index is 2050. The van der Waals surface area contributed by atoms with Crippen LogP contribution in [0.15, 0.2) is 120 Å². The van der Waals surface area contributed by atoms with Gasteiger partial charge in [0.2, 0.25) is 0 Å². The van der Waals surface area contributed by atoms with Crippen LogP contribution in [0.3, 0.4) is 0 Å². The van der Waals surface area contributed by atoms with Crippen molar-refractivity contribution in [3.8, 4) is 11.5 Å². The van der Waals surface area contributed by atoms with Crippen LogP contribution in [0.25, 0.3) is 0 Å². The molecule has 0 aliphatic heterocycles. The maximum Gasteiger partial charge on any atom is 0.264 e. The summed E-state index contributed by atoms with van der Waals surface area (Å²) in [5, 5.41) is 6.16. The second kappa shape index (κ2) is 15.7. The summed E-state index contributed by atoms with van der Waals surface area (Å²) in [5.41, 5.74) is 3.83. The number of halogens is 1. The van der Waals surface area contributed by atoms with E-state index < -0.39 is 15.9 Å². The number of hydrogen-bond donors (Lipinski definition) is 2. The molecule has 11 heteroatoms. The highest BCUT2D eigenvalue weighted by Gasteiger charge is 2.27. The molecule has 9 nitrogen and oxygen atoms in total. The summed E-state index contributed by atoms with van der Waals surface area (Å²) in [7, 11) is -0.812. The summed E-state index contributed by atoms with van der Waals surface area (Å²) in [6, 6.07) is 32.3. The Kier molecular flexibility index (Phi) is 11.2. The number of benzene rings is 5. The first-order chi connectivity index (χ1) is 23.6. The number of amides is 2. The second-order valence-corrected chi connectivity index (χ2v) is 13.4. The lowest BCUT2D eigenvalue weighted by Crippen LogP contribution is -2.31. The van der Waals surface area contributed by atoms with Crippen molar-refractivity contribution < 1.29 is 27.5 Å². The van der Waals surface area contributed by atoms with Gasteiger partial charge in [-0.05, 0) is 90.7 Å². The minimum atomic E-state index is -3.95. The zero-order chi connectivity index (χ0) is 35.0. The summed E-state index contributed by atoms with van der Waals surface area (Å²) in [6.07, 6.45) is 0.563. The number of nitrogens with zero attached hydrogens (tertiary/aromatic N) is 1. The molecule has 0 fully saturated rings. The van der Waals surface area contributed by atoms with Crippen LogP contribution in [0.5, 0.6) is 11.5 Å². The molecule has 0 saturated heterocycles. The minimum Gasteiger partial charge on any atom is -0.493 e. The summed E-state index contributed by atoms with van der Waals surface area (Å²) in [4.78, 5) is 26.6. The van der Waals surface area contributed by atoms with E-state index >= 15 is 0 Å². The van der Waals surface area contributed by atoms with Crippen LogP contribution in [0.2, 0.25) is 5.02 Å². The van der Waals surface area contributed by atoms with Gasteiger partial charge in [0.1, 0.15) is 0 Å². The van der Waals surface area contributed by atoms with Crippen LogP contribution >= 0.6 is 11.6 Å². The molecule has 0 unspecified atom stereocenters. The summed E-state index contributed by atoms with van der Waals surface area (Å²) in [5.74, 6) is 0.484. The lowest BCUT2D eigenvalue weighted by molar-refractivity contribution is 0.0955. The predicted molar refractivity (Wildman–Crippen MR) is 192 cm³/mol. The standard InChI is InChI=1S/C38H36ClN3O6S/c1-26-13-19-30(39)24-34(26)42(49(45,46)31-9-5-4-6-10-31)25-28-14-17-29(18-15-28)37(43)41-33-12-8-7-11-32(33)38(44)40-22-21-27-16-20-35(47-2)36(23-27)48-3/h4-20,23-24H,21-22,25H2,1-3H3,(H,40,44)(H,41,43). The molecular weight excluding hydrogens is 662 g/mol. The van der Waals surface area contributed by atoms with Gasteiger partial charge in [0.15, 0.2) is 11.5 Å². The molecule has 0 saturated carbocycles. The number of carbonyl (C=O) groups excluding carboxylic acids is 2. The van der Waals surface area contributed by atoms with Gasteiger partial charge >= 0.3 is 0 Å². The molecule has 5 aromatic carbocycles. The monoisotopic (exact) mass is 697 g/mol. The number of nitrogens with one attached hydrogen (secondary N) is 2. The number of methoxy groups -OCH3 is 2. The van der Waals surface area contributed by atoms with Crippen molar-refractivity contribution in [3.63, 3.8) is 0 Å². The topological polar surface area (TPSA) is 114 Å². The average molecular weight is 698 g/mol. The Morgan fingerprint density at radius 3 is 2.14 bits per heavy atom. The minimum absolute atomic E-state index is 0.00657. The highest BCUT2D eigenvalue weighted by atomic mass is 35.5. The van der Waals surface area contributed by atoms with Gasteiger partial charge in [0.25, 0.3) is 21.8 Å². The number of carbonyl (C=O) groups is 2. The van der Waals surface area contributed by atoms with Gasteiger partial charge in [0, 0.05) is 17.1 Å². The molecule has 49 heavy (non-hydrogen) atoms. The van der Waals surface area contributed by atoms with E-state index in [-0.39, 0.29) is 17.3 Å². The third-order valence-corrected chi connectivity index (χ3v) is 9.89. The van der Waals surface area contributed by atoms with Crippen molar-refractivity contribution in [2.45, 2.75) is 24.8 Å². The fourth-order valence-corrected chi connectivity index (χ4v) is 6.93. The average Bonchev–Trinajstić information content (AvgIpc) is 3.12. The summed E-state index contributed by atoms with van der Waals surface area (Å²) < 4.78 is 39.6. The molecule has 5 rings (SSSR count). The second-order valence-electron chi connectivity index (χ2n) is 11.1. The quantitative estimate of drug-likeness (QED) is 0.134. The number of aryl methyl sites for hydroxylation is 1. The molecule has 0 atom stereocenters. The Labute approximate surface area is 291 Å². The number of sulfonamides is 1. The van der Waals surface area contributed by atoms with Crippen LogP contribution in [-0.4, -0.2) is 41.0 Å².